The van der Waals surface area contributed by atoms with E-state index in [-0.39, 0.29) is 17.4 Å². The van der Waals surface area contributed by atoms with Crippen molar-refractivity contribution in [1.82, 2.24) is 4.90 Å². The average molecular weight is 451 g/mol. The molecule has 2 aliphatic heterocycles. The third-order valence-electron chi connectivity index (χ3n) is 6.36. The lowest BCUT2D eigenvalue weighted by atomic mass is 9.94. The van der Waals surface area contributed by atoms with E-state index in [0.29, 0.717) is 24.5 Å². The predicted molar refractivity (Wildman–Crippen MR) is 126 cm³/mol. The Balaban J connectivity index is 1.81. The molecule has 1 N–H and O–H groups in total. The van der Waals surface area contributed by atoms with Gasteiger partial charge in [0.1, 0.15) is 11.5 Å². The molecule has 0 spiro atoms. The summed E-state index contributed by atoms with van der Waals surface area (Å²) in [5, 5.41) is 11.2. The summed E-state index contributed by atoms with van der Waals surface area (Å²) in [6.07, 6.45) is 1.66. The van der Waals surface area contributed by atoms with Crippen molar-refractivity contribution in [1.29, 1.82) is 0 Å². The molecule has 2 atom stereocenters. The zero-order valence-electron chi connectivity index (χ0n) is 19.5. The first-order valence-corrected chi connectivity index (χ1v) is 11.1. The lowest BCUT2D eigenvalue weighted by Gasteiger charge is -2.28. The number of benzene rings is 2. The van der Waals surface area contributed by atoms with Gasteiger partial charge in [0.2, 0.25) is 0 Å². The van der Waals surface area contributed by atoms with E-state index in [2.05, 4.69) is 0 Å². The molecule has 0 saturated carbocycles. The molecule has 2 aromatic rings. The Labute approximate surface area is 194 Å². The van der Waals surface area contributed by atoms with Crippen LogP contribution in [0.3, 0.4) is 0 Å². The summed E-state index contributed by atoms with van der Waals surface area (Å²) in [6, 6.07) is 12.2. The number of nitrogens with zero attached hydrogens (tertiary/aromatic N) is 2. The van der Waals surface area contributed by atoms with E-state index < -0.39 is 17.7 Å². The molecule has 2 heterocycles. The molecule has 2 aromatic carbocycles. The number of anilines is 1. The van der Waals surface area contributed by atoms with Gasteiger partial charge >= 0.3 is 0 Å². The van der Waals surface area contributed by atoms with Crippen LogP contribution in [0.5, 0.6) is 5.75 Å². The van der Waals surface area contributed by atoms with Crippen molar-refractivity contribution in [2.75, 3.05) is 39.3 Å². The summed E-state index contributed by atoms with van der Waals surface area (Å²) in [5.41, 5.74) is 3.16. The topological polar surface area (TPSA) is 79.3 Å². The van der Waals surface area contributed by atoms with Crippen LogP contribution in [0.2, 0.25) is 0 Å². The highest BCUT2D eigenvalue weighted by Gasteiger charge is 2.47. The molecule has 2 unspecified atom stereocenters. The van der Waals surface area contributed by atoms with Crippen LogP contribution in [0, 0.1) is 6.92 Å². The lowest BCUT2D eigenvalue weighted by Crippen LogP contribution is -2.36. The molecular weight excluding hydrogens is 420 g/mol. The van der Waals surface area contributed by atoms with E-state index in [1.54, 1.807) is 30.2 Å². The normalized spacial score (nSPS) is 22.1. The van der Waals surface area contributed by atoms with Gasteiger partial charge in [-0.15, -0.1) is 0 Å². The highest BCUT2D eigenvalue weighted by atomic mass is 16.5. The van der Waals surface area contributed by atoms with Crippen LogP contribution in [0.1, 0.15) is 35.6 Å². The molecule has 1 amide bonds. The van der Waals surface area contributed by atoms with E-state index in [1.807, 2.05) is 50.2 Å². The van der Waals surface area contributed by atoms with Crippen LogP contribution in [-0.2, 0) is 14.3 Å². The first-order valence-electron chi connectivity index (χ1n) is 11.1. The molecule has 2 fully saturated rings. The summed E-state index contributed by atoms with van der Waals surface area (Å²) < 4.78 is 11.1. The van der Waals surface area contributed by atoms with Gasteiger partial charge < -0.3 is 24.4 Å². The number of ketones is 1. The molecule has 0 bridgehead atoms. The number of methoxy groups -OCH3 is 1. The molecule has 0 radical (unpaired) electrons. The molecule has 0 aromatic heterocycles. The molecule has 7 nitrogen and oxygen atoms in total. The number of amides is 1. The minimum atomic E-state index is -0.687. The zero-order valence-corrected chi connectivity index (χ0v) is 19.5. The minimum absolute atomic E-state index is 0.0974. The number of carbonyl (C=O) groups excluding carboxylic acids is 2. The second-order valence-electron chi connectivity index (χ2n) is 8.76. The SMILES string of the molecule is COc1ccc(/C(O)=C2/C(=O)C(=O)N(CC3CCCO3)C2c2ccc(N(C)C)cc2)cc1C. The Kier molecular flexibility index (Phi) is 6.42. The standard InChI is InChI=1S/C26H30N2O5/c1-16-14-18(9-12-21(16)32-4)24(29)22-23(17-7-10-19(11-8-17)27(2)3)28(26(31)25(22)30)15-20-6-5-13-33-20/h7-12,14,20,23,29H,5-6,13,15H2,1-4H3/b24-22-. The monoisotopic (exact) mass is 450 g/mol. The average Bonchev–Trinajstić information content (AvgIpc) is 3.41. The first-order chi connectivity index (χ1) is 15.8. The van der Waals surface area contributed by atoms with Crippen molar-refractivity contribution >= 4 is 23.1 Å². The summed E-state index contributed by atoms with van der Waals surface area (Å²) in [7, 11) is 5.48. The van der Waals surface area contributed by atoms with Crippen molar-refractivity contribution in [3.05, 3.63) is 64.7 Å². The van der Waals surface area contributed by atoms with Gasteiger partial charge in [0, 0.05) is 38.5 Å². The maximum atomic E-state index is 13.2. The first kappa shape index (κ1) is 22.9. The van der Waals surface area contributed by atoms with Crippen LogP contribution in [0.4, 0.5) is 5.69 Å². The van der Waals surface area contributed by atoms with Gasteiger partial charge in [0.25, 0.3) is 11.7 Å². The Hall–Kier alpha value is -3.32. The third-order valence-corrected chi connectivity index (χ3v) is 6.36. The summed E-state index contributed by atoms with van der Waals surface area (Å²) in [5.74, 6) is -0.795. The second-order valence-corrected chi connectivity index (χ2v) is 8.76. The molecule has 33 heavy (non-hydrogen) atoms. The van der Waals surface area contributed by atoms with Crippen LogP contribution in [-0.4, -0.2) is 62.2 Å². The Morgan fingerprint density at radius 3 is 2.48 bits per heavy atom. The van der Waals surface area contributed by atoms with E-state index >= 15 is 0 Å². The van der Waals surface area contributed by atoms with Gasteiger partial charge in [-0.25, -0.2) is 0 Å². The molecular formula is C26H30N2O5. The molecule has 174 valence electrons. The number of Topliss-reactive ketones (excluding diaryl/α,β-unsaturated/α-hetero) is 1. The van der Waals surface area contributed by atoms with Gasteiger partial charge in [-0.1, -0.05) is 12.1 Å². The molecule has 2 saturated heterocycles. The third kappa shape index (κ3) is 4.33. The van der Waals surface area contributed by atoms with Crippen LogP contribution in [0.15, 0.2) is 48.0 Å². The highest BCUT2D eigenvalue weighted by molar-refractivity contribution is 6.46. The van der Waals surface area contributed by atoms with Crippen LogP contribution >= 0.6 is 0 Å². The largest absolute Gasteiger partial charge is 0.507 e. The van der Waals surface area contributed by atoms with E-state index in [0.717, 1.165) is 29.7 Å². The van der Waals surface area contributed by atoms with Crippen molar-refractivity contribution < 1.29 is 24.2 Å². The molecule has 7 heteroatoms. The van der Waals surface area contributed by atoms with Gasteiger partial charge in [-0.3, -0.25) is 9.59 Å². The van der Waals surface area contributed by atoms with Crippen molar-refractivity contribution in [3.63, 3.8) is 0 Å². The Morgan fingerprint density at radius 2 is 1.91 bits per heavy atom. The highest BCUT2D eigenvalue weighted by Crippen LogP contribution is 2.40. The fourth-order valence-corrected chi connectivity index (χ4v) is 4.56. The molecule has 4 rings (SSSR count). The number of aryl methyl sites for hydroxylation is 1. The van der Waals surface area contributed by atoms with E-state index in [4.69, 9.17) is 9.47 Å². The lowest BCUT2D eigenvalue weighted by molar-refractivity contribution is -0.140. The minimum Gasteiger partial charge on any atom is -0.507 e. The zero-order chi connectivity index (χ0) is 23.7. The Bertz CT molecular complexity index is 1080. The van der Waals surface area contributed by atoms with Crippen molar-refractivity contribution in [2.24, 2.45) is 0 Å². The van der Waals surface area contributed by atoms with Crippen molar-refractivity contribution in [2.45, 2.75) is 31.9 Å². The van der Waals surface area contributed by atoms with E-state index in [1.165, 1.54) is 0 Å². The maximum absolute atomic E-state index is 13.2. The van der Waals surface area contributed by atoms with Gasteiger partial charge in [0.05, 0.1) is 24.8 Å². The van der Waals surface area contributed by atoms with Gasteiger partial charge in [-0.05, 0) is 61.2 Å². The molecule has 2 aliphatic rings. The van der Waals surface area contributed by atoms with Gasteiger partial charge in [-0.2, -0.15) is 0 Å². The fourth-order valence-electron chi connectivity index (χ4n) is 4.56. The molecule has 0 aliphatic carbocycles. The number of likely N-dealkylation sites (tertiary alicyclic amines) is 1. The fraction of sp³-hybridized carbons (Fsp3) is 0.385. The predicted octanol–water partition coefficient (Wildman–Crippen LogP) is 3.67. The quantitative estimate of drug-likeness (QED) is 0.411. The van der Waals surface area contributed by atoms with Crippen LogP contribution < -0.4 is 9.64 Å². The van der Waals surface area contributed by atoms with E-state index in [9.17, 15) is 14.7 Å². The van der Waals surface area contributed by atoms with Crippen molar-refractivity contribution in [3.8, 4) is 5.75 Å². The second kappa shape index (κ2) is 9.27. The van der Waals surface area contributed by atoms with Gasteiger partial charge in [0.15, 0.2) is 0 Å². The van der Waals surface area contributed by atoms with Crippen LogP contribution in [0.25, 0.3) is 5.76 Å². The number of ether oxygens (including phenoxy) is 2. The number of hydrogen-bond acceptors (Lipinski definition) is 6. The number of hydrogen-bond donors (Lipinski definition) is 1. The summed E-state index contributed by atoms with van der Waals surface area (Å²) in [4.78, 5) is 29.8. The number of aliphatic hydroxyl groups is 1. The summed E-state index contributed by atoms with van der Waals surface area (Å²) >= 11 is 0. The number of carbonyl (C=O) groups is 2. The summed E-state index contributed by atoms with van der Waals surface area (Å²) in [6.45, 7) is 2.83. The Morgan fingerprint density at radius 1 is 1.18 bits per heavy atom. The maximum Gasteiger partial charge on any atom is 0.295 e. The number of rotatable bonds is 6. The number of aliphatic hydroxyl groups excluding tert-OH is 1. The smallest absolute Gasteiger partial charge is 0.295 e.